The lowest BCUT2D eigenvalue weighted by molar-refractivity contribution is -0.141. The first kappa shape index (κ1) is 15.2. The van der Waals surface area contributed by atoms with Gasteiger partial charge in [-0.25, -0.2) is 9.59 Å². The van der Waals surface area contributed by atoms with Crippen LogP contribution < -0.4 is 0 Å². The summed E-state index contributed by atoms with van der Waals surface area (Å²) in [6.07, 6.45) is 7.43. The van der Waals surface area contributed by atoms with E-state index in [-0.39, 0.29) is 19.1 Å². The molecule has 4 heteroatoms. The Kier molecular flexibility index (Phi) is 8.37. The molecule has 0 aliphatic carbocycles. The third kappa shape index (κ3) is 8.02. The van der Waals surface area contributed by atoms with Gasteiger partial charge < -0.3 is 9.47 Å². The maximum absolute atomic E-state index is 11.0. The molecule has 0 aromatic rings. The van der Waals surface area contributed by atoms with Crippen molar-refractivity contribution >= 4 is 11.9 Å². The van der Waals surface area contributed by atoms with Gasteiger partial charge in [-0.15, -0.1) is 6.58 Å². The lowest BCUT2D eigenvalue weighted by atomic mass is 10.2. The second-order valence-electron chi connectivity index (χ2n) is 3.26. The molecule has 0 bridgehead atoms. The lowest BCUT2D eigenvalue weighted by Gasteiger charge is -2.11. The molecule has 0 saturated heterocycles. The van der Waals surface area contributed by atoms with Gasteiger partial charge in [-0.3, -0.25) is 0 Å². The van der Waals surface area contributed by atoms with E-state index in [2.05, 4.69) is 6.58 Å². The fourth-order valence-electron chi connectivity index (χ4n) is 0.931. The Balaban J connectivity index is 3.96. The summed E-state index contributed by atoms with van der Waals surface area (Å²) >= 11 is 0. The Labute approximate surface area is 102 Å². The van der Waals surface area contributed by atoms with Crippen molar-refractivity contribution in [3.8, 4) is 0 Å². The Hall–Kier alpha value is -1.84. The van der Waals surface area contributed by atoms with Crippen LogP contribution in [0.2, 0.25) is 0 Å². The molecule has 17 heavy (non-hydrogen) atoms. The van der Waals surface area contributed by atoms with Crippen molar-refractivity contribution in [2.24, 2.45) is 5.92 Å². The van der Waals surface area contributed by atoms with Crippen LogP contribution in [0.15, 0.2) is 37.0 Å². The zero-order valence-corrected chi connectivity index (χ0v) is 10.2. The van der Waals surface area contributed by atoms with Gasteiger partial charge in [0, 0.05) is 18.1 Å². The first-order valence-corrected chi connectivity index (χ1v) is 5.35. The number of hydrogen-bond donors (Lipinski definition) is 0. The Morgan fingerprint density at radius 2 is 1.47 bits per heavy atom. The number of esters is 2. The molecule has 0 spiro atoms. The van der Waals surface area contributed by atoms with Gasteiger partial charge in [-0.2, -0.15) is 0 Å². The monoisotopic (exact) mass is 238 g/mol. The molecule has 0 amide bonds. The van der Waals surface area contributed by atoms with Crippen LogP contribution in [0, 0.1) is 5.92 Å². The molecule has 0 aliphatic rings. The average molecular weight is 238 g/mol. The number of hydrogen-bond acceptors (Lipinski definition) is 4. The minimum atomic E-state index is -0.417. The predicted octanol–water partition coefficient (Wildman–Crippen LogP) is 2.03. The minimum Gasteiger partial charge on any atom is -0.462 e. The average Bonchev–Trinajstić information content (AvgIpc) is 2.30. The summed E-state index contributed by atoms with van der Waals surface area (Å²) in [6, 6.07) is 0. The van der Waals surface area contributed by atoms with Crippen LogP contribution in [0.1, 0.15) is 13.8 Å². The molecule has 0 aliphatic heterocycles. The maximum atomic E-state index is 11.0. The third-order valence-corrected chi connectivity index (χ3v) is 1.82. The van der Waals surface area contributed by atoms with E-state index in [1.54, 1.807) is 32.1 Å². The molecule has 94 valence electrons. The van der Waals surface area contributed by atoms with Gasteiger partial charge in [0.05, 0.1) is 0 Å². The number of ether oxygens (including phenoxy) is 2. The van der Waals surface area contributed by atoms with Crippen LogP contribution in [0.25, 0.3) is 0 Å². The molecule has 0 aromatic heterocycles. The molecule has 0 unspecified atom stereocenters. The highest BCUT2D eigenvalue weighted by Gasteiger charge is 2.09. The van der Waals surface area contributed by atoms with Crippen molar-refractivity contribution < 1.29 is 19.1 Å². The zero-order chi connectivity index (χ0) is 13.1. The van der Waals surface area contributed by atoms with E-state index in [0.29, 0.717) is 0 Å². The predicted molar refractivity (Wildman–Crippen MR) is 65.2 cm³/mol. The van der Waals surface area contributed by atoms with Crippen LogP contribution in [-0.2, 0) is 19.1 Å². The fraction of sp³-hybridized carbons (Fsp3) is 0.385. The lowest BCUT2D eigenvalue weighted by Crippen LogP contribution is -2.18. The minimum absolute atomic E-state index is 0.149. The van der Waals surface area contributed by atoms with Crippen molar-refractivity contribution in [2.75, 3.05) is 13.2 Å². The van der Waals surface area contributed by atoms with Crippen LogP contribution in [0.3, 0.4) is 0 Å². The summed E-state index contributed by atoms with van der Waals surface area (Å²) in [7, 11) is 0. The van der Waals surface area contributed by atoms with Crippen molar-refractivity contribution in [1.29, 1.82) is 0 Å². The van der Waals surface area contributed by atoms with Gasteiger partial charge in [0.2, 0.25) is 0 Å². The van der Waals surface area contributed by atoms with E-state index in [1.165, 1.54) is 12.2 Å². The maximum Gasteiger partial charge on any atom is 0.330 e. The van der Waals surface area contributed by atoms with Gasteiger partial charge in [-0.05, 0) is 13.8 Å². The van der Waals surface area contributed by atoms with Crippen molar-refractivity contribution in [3.05, 3.63) is 37.0 Å². The topological polar surface area (TPSA) is 52.6 Å². The van der Waals surface area contributed by atoms with Gasteiger partial charge in [0.1, 0.15) is 13.2 Å². The molecular weight excluding hydrogens is 220 g/mol. The van der Waals surface area contributed by atoms with E-state index in [1.807, 2.05) is 0 Å². The molecule has 0 heterocycles. The molecule has 0 saturated carbocycles. The van der Waals surface area contributed by atoms with E-state index >= 15 is 0 Å². The highest BCUT2D eigenvalue weighted by molar-refractivity contribution is 5.82. The standard InChI is InChI=1S/C13H18O4/c1-4-7-12(14)16-9-11(6-3)10-17-13(15)8-5-2/h4-8,11H,3,9-10H2,1-2H3/b7-4+,8-5+. The molecule has 0 aromatic carbocycles. The van der Waals surface area contributed by atoms with Gasteiger partial charge in [0.25, 0.3) is 0 Å². The highest BCUT2D eigenvalue weighted by Crippen LogP contribution is 2.01. The Morgan fingerprint density at radius 3 is 1.76 bits per heavy atom. The number of rotatable bonds is 7. The van der Waals surface area contributed by atoms with E-state index < -0.39 is 11.9 Å². The normalized spacial score (nSPS) is 11.0. The highest BCUT2D eigenvalue weighted by atomic mass is 16.5. The molecule has 0 atom stereocenters. The summed E-state index contributed by atoms with van der Waals surface area (Å²) in [4.78, 5) is 22.1. The summed E-state index contributed by atoms with van der Waals surface area (Å²) in [6.45, 7) is 7.34. The van der Waals surface area contributed by atoms with Crippen LogP contribution in [0.4, 0.5) is 0 Å². The number of carbonyl (C=O) groups excluding carboxylic acids is 2. The first-order valence-electron chi connectivity index (χ1n) is 5.35. The summed E-state index contributed by atoms with van der Waals surface area (Å²) in [5.41, 5.74) is 0. The quantitative estimate of drug-likeness (QED) is 0.387. The van der Waals surface area contributed by atoms with E-state index in [4.69, 9.17) is 9.47 Å². The summed E-state index contributed by atoms with van der Waals surface area (Å²) in [5.74, 6) is -1.03. The molecule has 0 N–H and O–H groups in total. The summed E-state index contributed by atoms with van der Waals surface area (Å²) in [5, 5.41) is 0. The molecular formula is C13H18O4. The second kappa shape index (κ2) is 9.39. The van der Waals surface area contributed by atoms with Gasteiger partial charge in [-0.1, -0.05) is 18.2 Å². The SMILES string of the molecule is C=CC(COC(=O)/C=C/C)COC(=O)/C=C/C. The first-order chi connectivity index (χ1) is 8.13. The van der Waals surface area contributed by atoms with Crippen LogP contribution in [0.5, 0.6) is 0 Å². The fourth-order valence-corrected chi connectivity index (χ4v) is 0.931. The van der Waals surface area contributed by atoms with Crippen molar-refractivity contribution in [1.82, 2.24) is 0 Å². The Bertz CT molecular complexity index is 287. The van der Waals surface area contributed by atoms with Crippen LogP contribution >= 0.6 is 0 Å². The number of allylic oxidation sites excluding steroid dienone is 2. The van der Waals surface area contributed by atoms with Gasteiger partial charge >= 0.3 is 11.9 Å². The van der Waals surface area contributed by atoms with E-state index in [0.717, 1.165) is 0 Å². The second-order valence-corrected chi connectivity index (χ2v) is 3.26. The van der Waals surface area contributed by atoms with Crippen molar-refractivity contribution in [2.45, 2.75) is 13.8 Å². The van der Waals surface area contributed by atoms with Gasteiger partial charge in [0.15, 0.2) is 0 Å². The molecule has 0 rings (SSSR count). The Morgan fingerprint density at radius 1 is 1.06 bits per heavy atom. The van der Waals surface area contributed by atoms with Crippen LogP contribution in [-0.4, -0.2) is 25.2 Å². The van der Waals surface area contributed by atoms with E-state index in [9.17, 15) is 9.59 Å². The molecule has 0 fully saturated rings. The molecule has 0 radical (unpaired) electrons. The molecule has 4 nitrogen and oxygen atoms in total. The summed E-state index contributed by atoms with van der Waals surface area (Å²) < 4.78 is 9.84. The zero-order valence-electron chi connectivity index (χ0n) is 10.2. The largest absolute Gasteiger partial charge is 0.462 e. The smallest absolute Gasteiger partial charge is 0.330 e. The van der Waals surface area contributed by atoms with Crippen molar-refractivity contribution in [3.63, 3.8) is 0 Å². The third-order valence-electron chi connectivity index (χ3n) is 1.82. The number of carbonyl (C=O) groups is 2.